The number of carbonyl (C=O) groups is 2. The average Bonchev–Trinajstić information content (AvgIpc) is 3.28. The predicted octanol–water partition coefficient (Wildman–Crippen LogP) is 5.37. The largest absolute Gasteiger partial charge is 0.334 e. The molecule has 0 spiro atoms. The number of ketones is 1. The third-order valence-electron chi connectivity index (χ3n) is 5.81. The number of para-hydroxylation sites is 1. The fraction of sp³-hybridized carbons (Fsp3) is 0.148. The van der Waals surface area contributed by atoms with Gasteiger partial charge in [-0.3, -0.25) is 9.59 Å². The molecule has 0 unspecified atom stereocenters. The lowest BCUT2D eigenvalue weighted by Gasteiger charge is -2.12. The molecule has 3 aromatic carbocycles. The highest BCUT2D eigenvalue weighted by atomic mass is 16.2. The van der Waals surface area contributed by atoms with Crippen LogP contribution in [0.15, 0.2) is 85.1 Å². The van der Waals surface area contributed by atoms with E-state index in [1.165, 1.54) is 0 Å². The van der Waals surface area contributed by atoms with Crippen LogP contribution in [0.3, 0.4) is 0 Å². The summed E-state index contributed by atoms with van der Waals surface area (Å²) >= 11 is 0. The van der Waals surface area contributed by atoms with E-state index in [1.807, 2.05) is 42.5 Å². The van der Waals surface area contributed by atoms with Crippen molar-refractivity contribution < 1.29 is 9.59 Å². The zero-order valence-corrected chi connectivity index (χ0v) is 17.6. The first-order valence-corrected chi connectivity index (χ1v) is 10.9. The highest BCUT2D eigenvalue weighted by Crippen LogP contribution is 2.29. The number of benzene rings is 3. The Bertz CT molecular complexity index is 1270. The van der Waals surface area contributed by atoms with Crippen LogP contribution >= 0.6 is 0 Å². The summed E-state index contributed by atoms with van der Waals surface area (Å²) in [6.07, 6.45) is 5.35. The van der Waals surface area contributed by atoms with Crippen LogP contribution in [-0.4, -0.2) is 21.2 Å². The Morgan fingerprint density at radius 3 is 2.34 bits per heavy atom. The van der Waals surface area contributed by atoms with Crippen LogP contribution in [-0.2, 0) is 13.0 Å². The number of hydrogen-bond donors (Lipinski definition) is 1. The maximum Gasteiger partial charge on any atom is 0.256 e. The van der Waals surface area contributed by atoms with E-state index >= 15 is 0 Å². The molecular weight excluding hydrogens is 398 g/mol. The molecule has 0 saturated heterocycles. The number of fused-ring (bicyclic) bond motifs is 1. The van der Waals surface area contributed by atoms with Gasteiger partial charge in [-0.2, -0.15) is 0 Å². The van der Waals surface area contributed by atoms with Crippen LogP contribution in [0, 0.1) is 0 Å². The highest BCUT2D eigenvalue weighted by Gasteiger charge is 2.20. The van der Waals surface area contributed by atoms with E-state index in [9.17, 15) is 9.59 Å². The number of amides is 1. The highest BCUT2D eigenvalue weighted by molar-refractivity contribution is 6.18. The van der Waals surface area contributed by atoms with Crippen molar-refractivity contribution in [1.29, 1.82) is 0 Å². The van der Waals surface area contributed by atoms with Gasteiger partial charge < -0.3 is 9.88 Å². The van der Waals surface area contributed by atoms with Crippen LogP contribution in [0.1, 0.15) is 44.9 Å². The molecule has 1 aliphatic heterocycles. The minimum Gasteiger partial charge on any atom is -0.334 e. The summed E-state index contributed by atoms with van der Waals surface area (Å²) in [5.41, 5.74) is 3.68. The molecule has 2 heterocycles. The molecule has 1 N–H and O–H groups in total. The number of aryl methyl sites for hydroxylation is 2. The van der Waals surface area contributed by atoms with Crippen LogP contribution < -0.4 is 5.32 Å². The Labute approximate surface area is 186 Å². The Balaban J connectivity index is 1.46. The molecule has 1 aliphatic rings. The second kappa shape index (κ2) is 8.63. The van der Waals surface area contributed by atoms with E-state index in [2.05, 4.69) is 16.1 Å². The number of nitrogens with zero attached hydrogens (tertiary/aromatic N) is 2. The summed E-state index contributed by atoms with van der Waals surface area (Å²) in [4.78, 5) is 31.1. The Hall–Kier alpha value is -3.99. The van der Waals surface area contributed by atoms with E-state index in [-0.39, 0.29) is 11.7 Å². The van der Waals surface area contributed by atoms with Crippen molar-refractivity contribution >= 4 is 17.4 Å². The van der Waals surface area contributed by atoms with Gasteiger partial charge in [-0.1, -0.05) is 66.7 Å². The number of hydrogen-bond acceptors (Lipinski definition) is 3. The summed E-state index contributed by atoms with van der Waals surface area (Å²) in [5, 5.41) is 3.01. The molecule has 5 nitrogen and oxygen atoms in total. The second-order valence-corrected chi connectivity index (χ2v) is 7.93. The Morgan fingerprint density at radius 2 is 1.53 bits per heavy atom. The molecule has 1 amide bonds. The van der Waals surface area contributed by atoms with Crippen LogP contribution in [0.4, 0.5) is 5.69 Å². The SMILES string of the molecule is O=C(Nc1ccccc1-c1cn2c(n1)CCCC2)c1ccccc1C(=O)c1ccccc1. The first-order valence-electron chi connectivity index (χ1n) is 10.9. The van der Waals surface area contributed by atoms with E-state index in [4.69, 9.17) is 4.98 Å². The number of imidazole rings is 1. The molecule has 0 atom stereocenters. The predicted molar refractivity (Wildman–Crippen MR) is 125 cm³/mol. The zero-order chi connectivity index (χ0) is 21.9. The minimum atomic E-state index is -0.318. The molecule has 0 saturated carbocycles. The summed E-state index contributed by atoms with van der Waals surface area (Å²) in [6.45, 7) is 0.978. The van der Waals surface area contributed by atoms with Crippen LogP contribution in [0.25, 0.3) is 11.3 Å². The molecule has 4 aromatic rings. The molecular formula is C27H23N3O2. The van der Waals surface area contributed by atoms with Crippen molar-refractivity contribution in [3.8, 4) is 11.3 Å². The van der Waals surface area contributed by atoms with Gasteiger partial charge in [-0.05, 0) is 25.0 Å². The monoisotopic (exact) mass is 421 g/mol. The third kappa shape index (κ3) is 3.85. The number of aromatic nitrogens is 2. The van der Waals surface area contributed by atoms with Crippen molar-refractivity contribution in [3.05, 3.63) is 108 Å². The maximum absolute atomic E-state index is 13.3. The number of rotatable bonds is 5. The van der Waals surface area contributed by atoms with E-state index in [0.717, 1.165) is 42.9 Å². The van der Waals surface area contributed by atoms with Gasteiger partial charge in [-0.15, -0.1) is 0 Å². The lowest BCUT2D eigenvalue weighted by atomic mass is 9.97. The summed E-state index contributed by atoms with van der Waals surface area (Å²) < 4.78 is 2.20. The molecule has 0 bridgehead atoms. The number of anilines is 1. The first kappa shape index (κ1) is 19.9. The Kier molecular flexibility index (Phi) is 5.38. The molecule has 1 aromatic heterocycles. The standard InChI is InChI=1S/C27H23N3O2/c31-26(19-10-2-1-3-11-19)20-12-4-5-13-21(20)27(32)29-23-15-7-6-14-22(23)24-18-30-17-9-8-16-25(30)28-24/h1-7,10-15,18H,8-9,16-17H2,(H,29,32). The Morgan fingerprint density at radius 1 is 0.812 bits per heavy atom. The molecule has 0 radical (unpaired) electrons. The lowest BCUT2D eigenvalue weighted by molar-refractivity contribution is 0.0996. The number of carbonyl (C=O) groups excluding carboxylic acids is 2. The fourth-order valence-corrected chi connectivity index (χ4v) is 4.17. The van der Waals surface area contributed by atoms with Crippen molar-refractivity contribution in [2.75, 3.05) is 5.32 Å². The van der Waals surface area contributed by atoms with Crippen molar-refractivity contribution in [1.82, 2.24) is 9.55 Å². The van der Waals surface area contributed by atoms with E-state index in [1.54, 1.807) is 36.4 Å². The summed E-state index contributed by atoms with van der Waals surface area (Å²) in [6, 6.07) is 23.6. The smallest absolute Gasteiger partial charge is 0.256 e. The fourth-order valence-electron chi connectivity index (χ4n) is 4.17. The topological polar surface area (TPSA) is 64.0 Å². The lowest BCUT2D eigenvalue weighted by Crippen LogP contribution is -2.17. The van der Waals surface area contributed by atoms with Gasteiger partial charge in [-0.25, -0.2) is 4.98 Å². The molecule has 5 heteroatoms. The van der Waals surface area contributed by atoms with Crippen molar-refractivity contribution in [3.63, 3.8) is 0 Å². The van der Waals surface area contributed by atoms with Gasteiger partial charge in [0.1, 0.15) is 5.82 Å². The van der Waals surface area contributed by atoms with Crippen LogP contribution in [0.5, 0.6) is 0 Å². The average molecular weight is 422 g/mol. The molecule has 32 heavy (non-hydrogen) atoms. The molecule has 0 fully saturated rings. The second-order valence-electron chi connectivity index (χ2n) is 7.93. The maximum atomic E-state index is 13.3. The van der Waals surface area contributed by atoms with Crippen molar-refractivity contribution in [2.24, 2.45) is 0 Å². The minimum absolute atomic E-state index is 0.175. The molecule has 158 valence electrons. The van der Waals surface area contributed by atoms with Gasteiger partial charge >= 0.3 is 0 Å². The number of nitrogens with one attached hydrogen (secondary N) is 1. The van der Waals surface area contributed by atoms with Gasteiger partial charge in [0.15, 0.2) is 5.78 Å². The molecule has 5 rings (SSSR count). The molecule has 0 aliphatic carbocycles. The van der Waals surface area contributed by atoms with Crippen molar-refractivity contribution in [2.45, 2.75) is 25.8 Å². The van der Waals surface area contributed by atoms with Gasteiger partial charge in [0.2, 0.25) is 0 Å². The normalized spacial score (nSPS) is 12.8. The third-order valence-corrected chi connectivity index (χ3v) is 5.81. The van der Waals surface area contributed by atoms with Gasteiger partial charge in [0, 0.05) is 35.9 Å². The summed E-state index contributed by atoms with van der Waals surface area (Å²) in [5.74, 6) is 0.596. The summed E-state index contributed by atoms with van der Waals surface area (Å²) in [7, 11) is 0. The van der Waals surface area contributed by atoms with E-state index in [0.29, 0.717) is 22.4 Å². The van der Waals surface area contributed by atoms with Gasteiger partial charge in [0.25, 0.3) is 5.91 Å². The van der Waals surface area contributed by atoms with E-state index < -0.39 is 0 Å². The van der Waals surface area contributed by atoms with Crippen LogP contribution in [0.2, 0.25) is 0 Å². The zero-order valence-electron chi connectivity index (χ0n) is 17.6. The van der Waals surface area contributed by atoms with Gasteiger partial charge in [0.05, 0.1) is 16.9 Å². The quantitative estimate of drug-likeness (QED) is 0.441. The first-order chi connectivity index (χ1) is 15.7.